The average Bonchev–Trinajstić information content (AvgIpc) is 2.59. The standard InChI is InChI=1S/C22H31NO2/c1-17(2)12-13-24-21-10-8-19(9-11-21)15-23-20-6-5-7-22(14-20)25-16-18(3)4/h5-11,14,17-18,23H,12-13,15-16H2,1-4H3. The molecule has 0 saturated heterocycles. The van der Waals surface area contributed by atoms with Gasteiger partial charge in [-0.05, 0) is 48.1 Å². The molecule has 0 aromatic heterocycles. The predicted octanol–water partition coefficient (Wildman–Crippen LogP) is 5.76. The molecule has 2 aromatic rings. The van der Waals surface area contributed by atoms with Crippen molar-refractivity contribution in [3.63, 3.8) is 0 Å². The minimum Gasteiger partial charge on any atom is -0.494 e. The highest BCUT2D eigenvalue weighted by Gasteiger charge is 2.01. The summed E-state index contributed by atoms with van der Waals surface area (Å²) in [6.45, 7) is 11.0. The van der Waals surface area contributed by atoms with Crippen molar-refractivity contribution in [2.75, 3.05) is 18.5 Å². The van der Waals surface area contributed by atoms with Crippen molar-refractivity contribution >= 4 is 5.69 Å². The molecule has 3 nitrogen and oxygen atoms in total. The van der Waals surface area contributed by atoms with Crippen LogP contribution < -0.4 is 14.8 Å². The van der Waals surface area contributed by atoms with Gasteiger partial charge in [-0.25, -0.2) is 0 Å². The van der Waals surface area contributed by atoms with Crippen molar-refractivity contribution in [1.82, 2.24) is 0 Å². The van der Waals surface area contributed by atoms with Gasteiger partial charge in [0.15, 0.2) is 0 Å². The monoisotopic (exact) mass is 341 g/mol. The second-order valence-electron chi connectivity index (χ2n) is 7.26. The summed E-state index contributed by atoms with van der Waals surface area (Å²) < 4.78 is 11.5. The minimum atomic E-state index is 0.526. The fourth-order valence-electron chi connectivity index (χ4n) is 2.28. The van der Waals surface area contributed by atoms with E-state index in [-0.39, 0.29) is 0 Å². The Labute approximate surface area is 152 Å². The number of nitrogens with one attached hydrogen (secondary N) is 1. The Morgan fingerprint density at radius 3 is 2.28 bits per heavy atom. The van der Waals surface area contributed by atoms with E-state index in [9.17, 15) is 0 Å². The molecule has 0 amide bonds. The van der Waals surface area contributed by atoms with Gasteiger partial charge in [0.2, 0.25) is 0 Å². The number of rotatable bonds is 10. The molecule has 0 aliphatic carbocycles. The molecule has 0 unspecified atom stereocenters. The zero-order chi connectivity index (χ0) is 18.1. The number of hydrogen-bond donors (Lipinski definition) is 1. The van der Waals surface area contributed by atoms with E-state index in [0.717, 1.165) is 43.4 Å². The first-order valence-corrected chi connectivity index (χ1v) is 9.21. The summed E-state index contributed by atoms with van der Waals surface area (Å²) in [5.74, 6) is 3.04. The van der Waals surface area contributed by atoms with E-state index in [2.05, 4.69) is 51.2 Å². The summed E-state index contributed by atoms with van der Waals surface area (Å²) in [5.41, 5.74) is 2.29. The second kappa shape index (κ2) is 9.97. The lowest BCUT2D eigenvalue weighted by atomic mass is 10.1. The van der Waals surface area contributed by atoms with Gasteiger partial charge < -0.3 is 14.8 Å². The lowest BCUT2D eigenvalue weighted by Crippen LogP contribution is -2.05. The van der Waals surface area contributed by atoms with E-state index in [0.29, 0.717) is 11.8 Å². The minimum absolute atomic E-state index is 0.526. The zero-order valence-electron chi connectivity index (χ0n) is 15.9. The van der Waals surface area contributed by atoms with Crippen LogP contribution in [0, 0.1) is 11.8 Å². The Morgan fingerprint density at radius 2 is 1.60 bits per heavy atom. The highest BCUT2D eigenvalue weighted by Crippen LogP contribution is 2.19. The SMILES string of the molecule is CC(C)CCOc1ccc(CNc2cccc(OCC(C)C)c2)cc1. The molecular weight excluding hydrogens is 310 g/mol. The van der Waals surface area contributed by atoms with E-state index in [4.69, 9.17) is 9.47 Å². The molecule has 0 heterocycles. The molecule has 0 radical (unpaired) electrons. The summed E-state index contributed by atoms with van der Waals surface area (Å²) in [5, 5.41) is 3.45. The number of benzene rings is 2. The molecule has 25 heavy (non-hydrogen) atoms. The van der Waals surface area contributed by atoms with Crippen molar-refractivity contribution in [2.45, 2.75) is 40.7 Å². The van der Waals surface area contributed by atoms with Crippen LogP contribution in [0.15, 0.2) is 48.5 Å². The highest BCUT2D eigenvalue weighted by atomic mass is 16.5. The molecule has 0 fully saturated rings. The molecule has 0 saturated carbocycles. The van der Waals surface area contributed by atoms with Crippen molar-refractivity contribution in [3.05, 3.63) is 54.1 Å². The van der Waals surface area contributed by atoms with Gasteiger partial charge in [0.25, 0.3) is 0 Å². The van der Waals surface area contributed by atoms with Gasteiger partial charge in [-0.15, -0.1) is 0 Å². The van der Waals surface area contributed by atoms with Crippen LogP contribution in [-0.4, -0.2) is 13.2 Å². The van der Waals surface area contributed by atoms with Gasteiger partial charge in [0, 0.05) is 18.3 Å². The molecular formula is C22H31NO2. The Kier molecular flexibility index (Phi) is 7.65. The van der Waals surface area contributed by atoms with Crippen LogP contribution in [-0.2, 0) is 6.54 Å². The molecule has 0 aliphatic heterocycles. The van der Waals surface area contributed by atoms with Gasteiger partial charge >= 0.3 is 0 Å². The van der Waals surface area contributed by atoms with Crippen LogP contribution in [0.3, 0.4) is 0 Å². The maximum Gasteiger partial charge on any atom is 0.121 e. The molecule has 136 valence electrons. The maximum atomic E-state index is 5.77. The summed E-state index contributed by atoms with van der Waals surface area (Å²) in [7, 11) is 0. The number of ether oxygens (including phenoxy) is 2. The molecule has 3 heteroatoms. The van der Waals surface area contributed by atoms with E-state index in [1.807, 2.05) is 30.3 Å². The van der Waals surface area contributed by atoms with E-state index >= 15 is 0 Å². The number of anilines is 1. The van der Waals surface area contributed by atoms with Crippen LogP contribution in [0.4, 0.5) is 5.69 Å². The van der Waals surface area contributed by atoms with Crippen LogP contribution in [0.5, 0.6) is 11.5 Å². The molecule has 2 aromatic carbocycles. The molecule has 2 rings (SSSR count). The third-order valence-corrected chi connectivity index (χ3v) is 3.80. The summed E-state index contributed by atoms with van der Waals surface area (Å²) in [6, 6.07) is 16.4. The quantitative estimate of drug-likeness (QED) is 0.596. The first-order valence-electron chi connectivity index (χ1n) is 9.21. The Bertz CT molecular complexity index is 620. The Morgan fingerprint density at radius 1 is 0.840 bits per heavy atom. The van der Waals surface area contributed by atoms with Crippen LogP contribution in [0.25, 0.3) is 0 Å². The summed E-state index contributed by atoms with van der Waals surface area (Å²) in [6.07, 6.45) is 1.08. The van der Waals surface area contributed by atoms with Crippen molar-refractivity contribution in [2.24, 2.45) is 11.8 Å². The van der Waals surface area contributed by atoms with Crippen molar-refractivity contribution in [3.8, 4) is 11.5 Å². The lowest BCUT2D eigenvalue weighted by Gasteiger charge is -2.12. The molecule has 0 aliphatic rings. The third-order valence-electron chi connectivity index (χ3n) is 3.80. The molecule has 0 atom stereocenters. The van der Waals surface area contributed by atoms with Gasteiger partial charge in [0.1, 0.15) is 11.5 Å². The van der Waals surface area contributed by atoms with E-state index in [1.54, 1.807) is 0 Å². The predicted molar refractivity (Wildman–Crippen MR) is 105 cm³/mol. The van der Waals surface area contributed by atoms with Gasteiger partial charge in [-0.2, -0.15) is 0 Å². The first-order chi connectivity index (χ1) is 12.0. The number of hydrogen-bond acceptors (Lipinski definition) is 3. The average molecular weight is 341 g/mol. The fourth-order valence-corrected chi connectivity index (χ4v) is 2.28. The normalized spacial score (nSPS) is 11.0. The maximum absolute atomic E-state index is 5.77. The summed E-state index contributed by atoms with van der Waals surface area (Å²) >= 11 is 0. The smallest absolute Gasteiger partial charge is 0.121 e. The van der Waals surface area contributed by atoms with E-state index < -0.39 is 0 Å². The van der Waals surface area contributed by atoms with Crippen molar-refractivity contribution in [1.29, 1.82) is 0 Å². The topological polar surface area (TPSA) is 30.5 Å². The third kappa shape index (κ3) is 7.51. The summed E-state index contributed by atoms with van der Waals surface area (Å²) in [4.78, 5) is 0. The van der Waals surface area contributed by atoms with Crippen molar-refractivity contribution < 1.29 is 9.47 Å². The fraction of sp³-hybridized carbons (Fsp3) is 0.455. The Balaban J connectivity index is 1.81. The molecule has 0 spiro atoms. The van der Waals surface area contributed by atoms with Gasteiger partial charge in [-0.3, -0.25) is 0 Å². The van der Waals surface area contributed by atoms with Crippen LogP contribution in [0.1, 0.15) is 39.7 Å². The zero-order valence-corrected chi connectivity index (χ0v) is 15.9. The van der Waals surface area contributed by atoms with E-state index in [1.165, 1.54) is 5.56 Å². The van der Waals surface area contributed by atoms with Gasteiger partial charge in [-0.1, -0.05) is 45.9 Å². The van der Waals surface area contributed by atoms with Gasteiger partial charge in [0.05, 0.1) is 13.2 Å². The first kappa shape index (κ1) is 19.2. The highest BCUT2D eigenvalue weighted by molar-refractivity contribution is 5.48. The lowest BCUT2D eigenvalue weighted by molar-refractivity contribution is 0.271. The second-order valence-corrected chi connectivity index (χ2v) is 7.26. The Hall–Kier alpha value is -2.16. The van der Waals surface area contributed by atoms with Crippen LogP contribution in [0.2, 0.25) is 0 Å². The largest absolute Gasteiger partial charge is 0.494 e. The van der Waals surface area contributed by atoms with Crippen LogP contribution >= 0.6 is 0 Å². The molecule has 1 N–H and O–H groups in total. The molecule has 0 bridgehead atoms.